The van der Waals surface area contributed by atoms with E-state index in [4.69, 9.17) is 9.57 Å². The van der Waals surface area contributed by atoms with Gasteiger partial charge in [0.25, 0.3) is 0 Å². The van der Waals surface area contributed by atoms with E-state index in [9.17, 15) is 4.48 Å². The van der Waals surface area contributed by atoms with Gasteiger partial charge in [0, 0.05) is 10.8 Å². The van der Waals surface area contributed by atoms with Gasteiger partial charge in [-0.25, -0.2) is 0 Å². The minimum absolute atomic E-state index is 0.254. The van der Waals surface area contributed by atoms with E-state index in [1.54, 1.807) is 7.11 Å². The maximum atomic E-state index is 14.6. The molecule has 3 nitrogen and oxygen atoms in total. The SMILES string of the molecule is C=C(ON(F)C(CC)C1CC=CCC1)c1ccc(OC)cc1C. The molecule has 0 aromatic heterocycles. The zero-order valence-electron chi connectivity index (χ0n) is 14.2. The number of rotatable bonds is 7. The van der Waals surface area contributed by atoms with Gasteiger partial charge in [-0.2, -0.15) is 0 Å². The van der Waals surface area contributed by atoms with E-state index >= 15 is 0 Å². The summed E-state index contributed by atoms with van der Waals surface area (Å²) in [7, 11) is 1.62. The fourth-order valence-electron chi connectivity index (χ4n) is 3.11. The minimum atomic E-state index is -0.254. The molecule has 1 aliphatic rings. The number of halogens is 1. The summed E-state index contributed by atoms with van der Waals surface area (Å²) in [6.45, 7) is 7.80. The molecule has 0 spiro atoms. The summed E-state index contributed by atoms with van der Waals surface area (Å²) in [6.07, 6.45) is 7.89. The fraction of sp³-hybridized carbons (Fsp3) is 0.474. The lowest BCUT2D eigenvalue weighted by Gasteiger charge is -2.30. The van der Waals surface area contributed by atoms with Crippen LogP contribution in [0.25, 0.3) is 5.76 Å². The number of ether oxygens (including phenoxy) is 1. The van der Waals surface area contributed by atoms with Crippen molar-refractivity contribution in [3.05, 3.63) is 48.1 Å². The Labute approximate surface area is 138 Å². The number of methoxy groups -OCH3 is 1. The van der Waals surface area contributed by atoms with Gasteiger partial charge in [-0.15, -0.1) is 0 Å². The molecule has 4 heteroatoms. The lowest BCUT2D eigenvalue weighted by Crippen LogP contribution is -2.35. The second-order valence-corrected chi connectivity index (χ2v) is 5.99. The average Bonchev–Trinajstić information content (AvgIpc) is 2.56. The highest BCUT2D eigenvalue weighted by Crippen LogP contribution is 2.30. The molecule has 0 fully saturated rings. The molecule has 23 heavy (non-hydrogen) atoms. The van der Waals surface area contributed by atoms with Crippen LogP contribution in [-0.4, -0.2) is 18.4 Å². The van der Waals surface area contributed by atoms with Gasteiger partial charge >= 0.3 is 0 Å². The number of allylic oxidation sites excluding steroid dienone is 2. The van der Waals surface area contributed by atoms with E-state index in [-0.39, 0.29) is 12.0 Å². The molecule has 0 amide bonds. The van der Waals surface area contributed by atoms with Crippen LogP contribution in [-0.2, 0) is 4.84 Å². The van der Waals surface area contributed by atoms with Crippen LogP contribution in [0.2, 0.25) is 0 Å². The lowest BCUT2D eigenvalue weighted by atomic mass is 9.87. The molecule has 0 aliphatic heterocycles. The second kappa shape index (κ2) is 8.16. The summed E-state index contributed by atoms with van der Waals surface area (Å²) >= 11 is 0. The molecule has 0 heterocycles. The van der Waals surface area contributed by atoms with Gasteiger partial charge in [-0.1, -0.05) is 30.1 Å². The molecule has 1 aliphatic carbocycles. The first kappa shape index (κ1) is 17.5. The second-order valence-electron chi connectivity index (χ2n) is 5.99. The Kier molecular flexibility index (Phi) is 6.22. The minimum Gasteiger partial charge on any atom is -0.497 e. The first-order valence-corrected chi connectivity index (χ1v) is 8.18. The van der Waals surface area contributed by atoms with Gasteiger partial charge < -0.3 is 9.57 Å². The Morgan fingerprint density at radius 2 is 2.22 bits per heavy atom. The molecule has 2 unspecified atom stereocenters. The lowest BCUT2D eigenvalue weighted by molar-refractivity contribution is -0.269. The van der Waals surface area contributed by atoms with Crippen LogP contribution < -0.4 is 4.74 Å². The van der Waals surface area contributed by atoms with Crippen molar-refractivity contribution >= 4 is 5.76 Å². The smallest absolute Gasteiger partial charge is 0.151 e. The van der Waals surface area contributed by atoms with E-state index in [0.29, 0.717) is 17.5 Å². The van der Waals surface area contributed by atoms with E-state index in [1.807, 2.05) is 32.0 Å². The zero-order chi connectivity index (χ0) is 16.8. The topological polar surface area (TPSA) is 21.7 Å². The molecular formula is C19H26FNO2. The van der Waals surface area contributed by atoms with Crippen LogP contribution >= 0.6 is 0 Å². The molecular weight excluding hydrogens is 293 g/mol. The van der Waals surface area contributed by atoms with E-state index in [1.165, 1.54) is 0 Å². The summed E-state index contributed by atoms with van der Waals surface area (Å²) < 4.78 is 19.8. The van der Waals surface area contributed by atoms with Crippen molar-refractivity contribution in [2.45, 2.75) is 45.6 Å². The van der Waals surface area contributed by atoms with Crippen LogP contribution in [0.3, 0.4) is 0 Å². The van der Waals surface area contributed by atoms with E-state index in [2.05, 4.69) is 18.7 Å². The summed E-state index contributed by atoms with van der Waals surface area (Å²) in [6, 6.07) is 5.29. The summed E-state index contributed by atoms with van der Waals surface area (Å²) in [5.41, 5.74) is 1.73. The predicted octanol–water partition coefficient (Wildman–Crippen LogP) is 5.23. The Bertz CT molecular complexity index is 570. The highest BCUT2D eigenvalue weighted by Gasteiger charge is 2.29. The normalized spacial score (nSPS) is 18.7. The first-order chi connectivity index (χ1) is 11.1. The number of hydrogen-bond donors (Lipinski definition) is 0. The maximum Gasteiger partial charge on any atom is 0.151 e. The van der Waals surface area contributed by atoms with Crippen LogP contribution in [0.15, 0.2) is 36.9 Å². The standard InChI is InChI=1S/C19H26FNO2/c1-5-19(16-9-7-6-8-10-16)21(20)23-15(3)18-12-11-17(22-4)13-14(18)2/h6-7,11-13,16,19H,3,5,8-10H2,1-2,4H3. The number of aryl methyl sites for hydroxylation is 1. The van der Waals surface area contributed by atoms with Crippen molar-refractivity contribution in [2.24, 2.45) is 5.92 Å². The molecule has 0 radical (unpaired) electrons. The van der Waals surface area contributed by atoms with Crippen molar-refractivity contribution in [3.63, 3.8) is 0 Å². The van der Waals surface area contributed by atoms with Crippen molar-refractivity contribution < 1.29 is 14.1 Å². The highest BCUT2D eigenvalue weighted by molar-refractivity contribution is 5.61. The van der Waals surface area contributed by atoms with Crippen LogP contribution in [0, 0.1) is 12.8 Å². The van der Waals surface area contributed by atoms with Gasteiger partial charge in [0.1, 0.15) is 5.75 Å². The van der Waals surface area contributed by atoms with Gasteiger partial charge in [0.15, 0.2) is 5.76 Å². The highest BCUT2D eigenvalue weighted by atomic mass is 19.2. The first-order valence-electron chi connectivity index (χ1n) is 8.18. The molecule has 0 bridgehead atoms. The van der Waals surface area contributed by atoms with Crippen molar-refractivity contribution in [2.75, 3.05) is 7.11 Å². The molecule has 0 saturated carbocycles. The Hall–Kier alpha value is -1.81. The maximum absolute atomic E-state index is 14.6. The number of nitrogens with zero attached hydrogens (tertiary/aromatic N) is 1. The molecule has 1 aromatic carbocycles. The van der Waals surface area contributed by atoms with Crippen LogP contribution in [0.4, 0.5) is 4.48 Å². The Morgan fingerprint density at radius 3 is 2.78 bits per heavy atom. The molecule has 2 rings (SSSR count). The monoisotopic (exact) mass is 319 g/mol. The van der Waals surface area contributed by atoms with E-state index in [0.717, 1.165) is 36.1 Å². The largest absolute Gasteiger partial charge is 0.497 e. The van der Waals surface area contributed by atoms with Crippen LogP contribution in [0.1, 0.15) is 43.7 Å². The third-order valence-corrected chi connectivity index (χ3v) is 4.46. The molecule has 2 atom stereocenters. The third-order valence-electron chi connectivity index (χ3n) is 4.46. The van der Waals surface area contributed by atoms with Gasteiger partial charge in [-0.05, 0) is 62.3 Å². The molecule has 126 valence electrons. The van der Waals surface area contributed by atoms with Crippen LogP contribution in [0.5, 0.6) is 5.75 Å². The van der Waals surface area contributed by atoms with Gasteiger partial charge in [-0.3, -0.25) is 0 Å². The van der Waals surface area contributed by atoms with Gasteiger partial charge in [0.05, 0.1) is 13.2 Å². The van der Waals surface area contributed by atoms with Crippen molar-refractivity contribution in [3.8, 4) is 5.75 Å². The fourth-order valence-corrected chi connectivity index (χ4v) is 3.11. The molecule has 1 aromatic rings. The molecule has 0 N–H and O–H groups in total. The summed E-state index contributed by atoms with van der Waals surface area (Å²) in [5.74, 6) is 1.36. The quantitative estimate of drug-likeness (QED) is 0.297. The van der Waals surface area contributed by atoms with Crippen molar-refractivity contribution in [1.82, 2.24) is 5.29 Å². The van der Waals surface area contributed by atoms with E-state index < -0.39 is 0 Å². The van der Waals surface area contributed by atoms with Gasteiger partial charge in [0.2, 0.25) is 0 Å². The zero-order valence-corrected chi connectivity index (χ0v) is 14.2. The Morgan fingerprint density at radius 1 is 1.43 bits per heavy atom. The summed E-state index contributed by atoms with van der Waals surface area (Å²) in [4.78, 5) is 5.40. The predicted molar refractivity (Wildman–Crippen MR) is 91.4 cm³/mol. The third kappa shape index (κ3) is 4.35. The Balaban J connectivity index is 2.04. The number of hydrogen-bond acceptors (Lipinski definition) is 3. The number of hydroxylamine groups is 1. The molecule has 0 saturated heterocycles. The average molecular weight is 319 g/mol. The number of benzene rings is 1. The summed E-state index contributed by atoms with van der Waals surface area (Å²) in [5, 5.41) is 0.496. The van der Waals surface area contributed by atoms with Crippen molar-refractivity contribution in [1.29, 1.82) is 0 Å².